The van der Waals surface area contributed by atoms with Gasteiger partial charge in [-0.25, -0.2) is 4.79 Å². The molecule has 5 nitrogen and oxygen atoms in total. The zero-order valence-electron chi connectivity index (χ0n) is 10.5. The number of nitrogens with two attached hydrogens (primary N) is 1. The molecule has 0 spiro atoms. The van der Waals surface area contributed by atoms with Crippen LogP contribution in [-0.2, 0) is 9.53 Å². The normalized spacial score (nSPS) is 11.7. The number of esters is 1. The fourth-order valence-corrected chi connectivity index (χ4v) is 1.39. The van der Waals surface area contributed by atoms with Gasteiger partial charge in [0.05, 0.1) is 12.2 Å². The van der Waals surface area contributed by atoms with Crippen molar-refractivity contribution in [1.29, 1.82) is 0 Å². The quantitative estimate of drug-likeness (QED) is 0.777. The Morgan fingerprint density at radius 2 is 1.83 bits per heavy atom. The number of primary amides is 1. The highest BCUT2D eigenvalue weighted by atomic mass is 16.5. The Bertz CT molecular complexity index is 414. The molecule has 1 aromatic carbocycles. The molecule has 1 unspecified atom stereocenters. The Kier molecular flexibility index (Phi) is 5.17. The zero-order chi connectivity index (χ0) is 13.5. The maximum atomic E-state index is 11.4. The van der Waals surface area contributed by atoms with Gasteiger partial charge in [-0.05, 0) is 37.6 Å². The molecule has 5 heteroatoms. The molecule has 0 saturated heterocycles. The highest BCUT2D eigenvalue weighted by molar-refractivity contribution is 5.89. The van der Waals surface area contributed by atoms with E-state index >= 15 is 0 Å². The second-order valence-electron chi connectivity index (χ2n) is 3.66. The molecule has 1 aromatic rings. The predicted octanol–water partition coefficient (Wildman–Crippen LogP) is 1.51. The van der Waals surface area contributed by atoms with Crippen LogP contribution in [-0.4, -0.2) is 24.6 Å². The lowest BCUT2D eigenvalue weighted by Gasteiger charge is -2.14. The van der Waals surface area contributed by atoms with Crippen molar-refractivity contribution in [1.82, 2.24) is 0 Å². The lowest BCUT2D eigenvalue weighted by molar-refractivity contribution is -0.124. The van der Waals surface area contributed by atoms with Gasteiger partial charge in [0, 0.05) is 0 Å². The van der Waals surface area contributed by atoms with Gasteiger partial charge >= 0.3 is 5.97 Å². The van der Waals surface area contributed by atoms with Gasteiger partial charge < -0.3 is 15.2 Å². The van der Waals surface area contributed by atoms with Gasteiger partial charge in [0.1, 0.15) is 5.75 Å². The smallest absolute Gasteiger partial charge is 0.338 e. The van der Waals surface area contributed by atoms with Gasteiger partial charge in [0.2, 0.25) is 0 Å². The molecular formula is C13H17NO4. The molecule has 0 saturated carbocycles. The Balaban J connectivity index is 2.71. The summed E-state index contributed by atoms with van der Waals surface area (Å²) >= 11 is 0. The first-order chi connectivity index (χ1) is 8.58. The third-order valence-electron chi connectivity index (χ3n) is 2.33. The molecule has 0 aromatic heterocycles. The molecule has 0 aliphatic rings. The minimum atomic E-state index is -0.654. The van der Waals surface area contributed by atoms with Gasteiger partial charge in [-0.3, -0.25) is 4.79 Å². The molecule has 0 heterocycles. The summed E-state index contributed by atoms with van der Waals surface area (Å²) in [5.41, 5.74) is 5.62. The minimum absolute atomic E-state index is 0.330. The van der Waals surface area contributed by atoms with Crippen molar-refractivity contribution in [2.45, 2.75) is 26.4 Å². The van der Waals surface area contributed by atoms with Crippen molar-refractivity contribution in [3.8, 4) is 5.75 Å². The summed E-state index contributed by atoms with van der Waals surface area (Å²) in [6, 6.07) is 6.39. The van der Waals surface area contributed by atoms with Crippen LogP contribution < -0.4 is 10.5 Å². The molecule has 1 rings (SSSR count). The molecule has 18 heavy (non-hydrogen) atoms. The van der Waals surface area contributed by atoms with E-state index in [1.807, 2.05) is 6.92 Å². The third-order valence-corrected chi connectivity index (χ3v) is 2.33. The van der Waals surface area contributed by atoms with Crippen LogP contribution in [0.5, 0.6) is 5.75 Å². The SMILES string of the molecule is CCOC(=O)c1ccc(OC(CC)C(N)=O)cc1. The van der Waals surface area contributed by atoms with Crippen molar-refractivity contribution >= 4 is 11.9 Å². The van der Waals surface area contributed by atoms with Crippen molar-refractivity contribution in [2.75, 3.05) is 6.61 Å². The number of carbonyl (C=O) groups excluding carboxylic acids is 2. The Hall–Kier alpha value is -2.04. The van der Waals surface area contributed by atoms with Crippen LogP contribution in [0.25, 0.3) is 0 Å². The molecule has 0 aliphatic carbocycles. The third kappa shape index (κ3) is 3.76. The summed E-state index contributed by atoms with van der Waals surface area (Å²) in [5.74, 6) is -0.397. The van der Waals surface area contributed by atoms with Crippen molar-refractivity contribution in [3.63, 3.8) is 0 Å². The van der Waals surface area contributed by atoms with Crippen LogP contribution in [0, 0.1) is 0 Å². The first-order valence-corrected chi connectivity index (χ1v) is 5.81. The monoisotopic (exact) mass is 251 g/mol. The lowest BCUT2D eigenvalue weighted by Crippen LogP contribution is -2.32. The highest BCUT2D eigenvalue weighted by Crippen LogP contribution is 2.15. The van der Waals surface area contributed by atoms with Gasteiger partial charge in [-0.1, -0.05) is 6.92 Å². The summed E-state index contributed by atoms with van der Waals surface area (Å²) in [7, 11) is 0. The van der Waals surface area contributed by atoms with Crippen LogP contribution in [0.1, 0.15) is 30.6 Å². The number of ether oxygens (including phenoxy) is 2. The van der Waals surface area contributed by atoms with Gasteiger partial charge in [-0.2, -0.15) is 0 Å². The molecule has 0 fully saturated rings. The van der Waals surface area contributed by atoms with E-state index in [9.17, 15) is 9.59 Å². The second kappa shape index (κ2) is 6.64. The van der Waals surface area contributed by atoms with E-state index in [1.54, 1.807) is 31.2 Å². The standard InChI is InChI=1S/C13H17NO4/c1-3-11(12(14)15)18-10-7-5-9(6-8-10)13(16)17-4-2/h5-8,11H,3-4H2,1-2H3,(H2,14,15). The van der Waals surface area contributed by atoms with Crippen molar-refractivity contribution < 1.29 is 19.1 Å². The number of hydrogen-bond acceptors (Lipinski definition) is 4. The zero-order valence-corrected chi connectivity index (χ0v) is 10.5. The van der Waals surface area contributed by atoms with Crippen LogP contribution in [0.2, 0.25) is 0 Å². The molecule has 1 amide bonds. The second-order valence-corrected chi connectivity index (χ2v) is 3.66. The Morgan fingerprint density at radius 3 is 2.28 bits per heavy atom. The first kappa shape index (κ1) is 14.0. The van der Waals surface area contributed by atoms with Gasteiger partial charge in [-0.15, -0.1) is 0 Å². The first-order valence-electron chi connectivity index (χ1n) is 5.81. The number of amides is 1. The molecular weight excluding hydrogens is 234 g/mol. The highest BCUT2D eigenvalue weighted by Gasteiger charge is 2.14. The van der Waals surface area contributed by atoms with Gasteiger partial charge in [0.25, 0.3) is 5.91 Å². The van der Waals surface area contributed by atoms with E-state index in [1.165, 1.54) is 0 Å². The molecule has 0 aliphatic heterocycles. The fraction of sp³-hybridized carbons (Fsp3) is 0.385. The Morgan fingerprint density at radius 1 is 1.22 bits per heavy atom. The van der Waals surface area contributed by atoms with Crippen LogP contribution in [0.3, 0.4) is 0 Å². The molecule has 98 valence electrons. The van der Waals surface area contributed by atoms with Crippen molar-refractivity contribution in [2.24, 2.45) is 5.73 Å². The molecule has 1 atom stereocenters. The van der Waals surface area contributed by atoms with E-state index in [-0.39, 0.29) is 5.97 Å². The van der Waals surface area contributed by atoms with Crippen LogP contribution in [0.4, 0.5) is 0 Å². The van der Waals surface area contributed by atoms with E-state index in [4.69, 9.17) is 15.2 Å². The van der Waals surface area contributed by atoms with E-state index in [0.717, 1.165) is 0 Å². The largest absolute Gasteiger partial charge is 0.481 e. The minimum Gasteiger partial charge on any atom is -0.481 e. The molecule has 0 bridgehead atoms. The van der Waals surface area contributed by atoms with E-state index < -0.39 is 12.0 Å². The fourth-order valence-electron chi connectivity index (χ4n) is 1.39. The van der Waals surface area contributed by atoms with E-state index in [0.29, 0.717) is 24.3 Å². The maximum absolute atomic E-state index is 11.4. The summed E-state index contributed by atoms with van der Waals surface area (Å²) < 4.78 is 10.2. The number of benzene rings is 1. The van der Waals surface area contributed by atoms with Crippen LogP contribution in [0.15, 0.2) is 24.3 Å². The lowest BCUT2D eigenvalue weighted by atomic mass is 10.2. The van der Waals surface area contributed by atoms with Gasteiger partial charge in [0.15, 0.2) is 6.10 Å². The van der Waals surface area contributed by atoms with Crippen LogP contribution >= 0.6 is 0 Å². The van der Waals surface area contributed by atoms with Crippen molar-refractivity contribution in [3.05, 3.63) is 29.8 Å². The predicted molar refractivity (Wildman–Crippen MR) is 66.3 cm³/mol. The number of hydrogen-bond donors (Lipinski definition) is 1. The molecule has 2 N–H and O–H groups in total. The average molecular weight is 251 g/mol. The topological polar surface area (TPSA) is 78.6 Å². The number of carbonyl (C=O) groups is 2. The summed E-state index contributed by atoms with van der Waals surface area (Å²) in [6.45, 7) is 3.88. The number of rotatable bonds is 6. The summed E-state index contributed by atoms with van der Waals surface area (Å²) in [4.78, 5) is 22.4. The Labute approximate surface area is 106 Å². The molecule has 0 radical (unpaired) electrons. The van der Waals surface area contributed by atoms with E-state index in [2.05, 4.69) is 0 Å². The maximum Gasteiger partial charge on any atom is 0.338 e. The average Bonchev–Trinajstić information content (AvgIpc) is 2.36. The summed E-state index contributed by atoms with van der Waals surface area (Å²) in [5, 5.41) is 0. The summed E-state index contributed by atoms with van der Waals surface area (Å²) in [6.07, 6.45) is -0.159.